The predicted molar refractivity (Wildman–Crippen MR) is 39.0 cm³/mol. The van der Waals surface area contributed by atoms with Gasteiger partial charge in [-0.25, -0.2) is 0 Å². The first kappa shape index (κ1) is 12.8. The molecule has 0 bridgehead atoms. The van der Waals surface area contributed by atoms with Crippen molar-refractivity contribution >= 4 is 19.4 Å². The summed E-state index contributed by atoms with van der Waals surface area (Å²) in [6.45, 7) is 1.55. The van der Waals surface area contributed by atoms with Gasteiger partial charge in [0, 0.05) is 0 Å². The molecule has 0 atom stereocenters. The molecule has 0 saturated carbocycles. The molecule has 0 heterocycles. The Labute approximate surface area is 71.9 Å². The van der Waals surface area contributed by atoms with Crippen molar-refractivity contribution in [2.45, 2.75) is 12.8 Å². The second kappa shape index (κ2) is 16.1. The SMILES string of the molecule is NCCCCN.[Cl][Zn][Cl]. The monoisotopic (exact) mass is 222 g/mol. The molecular weight excluding hydrogens is 212 g/mol. The Morgan fingerprint density at radius 1 is 1.00 bits per heavy atom. The molecule has 0 aliphatic heterocycles. The molecule has 0 aliphatic carbocycles. The summed E-state index contributed by atoms with van der Waals surface area (Å²) >= 11 is -0.931. The fourth-order valence-corrected chi connectivity index (χ4v) is 0.289. The summed E-state index contributed by atoms with van der Waals surface area (Å²) in [6.07, 6.45) is 2.13. The van der Waals surface area contributed by atoms with Gasteiger partial charge in [-0.1, -0.05) is 0 Å². The van der Waals surface area contributed by atoms with Crippen LogP contribution in [-0.2, 0) is 15.1 Å². The van der Waals surface area contributed by atoms with Gasteiger partial charge in [-0.3, -0.25) is 0 Å². The van der Waals surface area contributed by atoms with Gasteiger partial charge in [0.05, 0.1) is 0 Å². The van der Waals surface area contributed by atoms with E-state index in [0.29, 0.717) is 0 Å². The zero-order valence-electron chi connectivity index (χ0n) is 5.45. The van der Waals surface area contributed by atoms with E-state index in [0.717, 1.165) is 25.9 Å². The molecular formula is C4H12Cl2N2Zn. The van der Waals surface area contributed by atoms with E-state index in [2.05, 4.69) is 0 Å². The van der Waals surface area contributed by atoms with Crippen molar-refractivity contribution in [1.29, 1.82) is 0 Å². The maximum absolute atomic E-state index is 5.16. The average molecular weight is 224 g/mol. The van der Waals surface area contributed by atoms with Crippen LogP contribution in [0.2, 0.25) is 0 Å². The number of hydrogen-bond acceptors (Lipinski definition) is 2. The summed E-state index contributed by atoms with van der Waals surface area (Å²) in [7, 11) is 9.90. The molecule has 0 radical (unpaired) electrons. The molecule has 0 spiro atoms. The first-order valence-electron chi connectivity index (χ1n) is 2.85. The van der Waals surface area contributed by atoms with Crippen LogP contribution in [0, 0.1) is 0 Å². The van der Waals surface area contributed by atoms with Crippen LogP contribution in [0.5, 0.6) is 0 Å². The number of hydrogen-bond donors (Lipinski definition) is 2. The number of unbranched alkanes of at least 4 members (excludes halogenated alkanes) is 1. The fraction of sp³-hybridized carbons (Fsp3) is 1.00. The van der Waals surface area contributed by atoms with Crippen molar-refractivity contribution in [1.82, 2.24) is 0 Å². The van der Waals surface area contributed by atoms with Crippen molar-refractivity contribution in [3.8, 4) is 0 Å². The van der Waals surface area contributed by atoms with Crippen LogP contribution in [-0.4, -0.2) is 13.1 Å². The second-order valence-corrected chi connectivity index (χ2v) is 6.01. The Balaban J connectivity index is 0. The van der Waals surface area contributed by atoms with E-state index < -0.39 is 15.1 Å². The molecule has 0 amide bonds. The van der Waals surface area contributed by atoms with Crippen molar-refractivity contribution in [3.63, 3.8) is 0 Å². The molecule has 0 aromatic carbocycles. The molecule has 0 unspecified atom stereocenters. The van der Waals surface area contributed by atoms with Gasteiger partial charge in [-0.05, 0) is 25.9 Å². The van der Waals surface area contributed by atoms with Crippen LogP contribution in [0.1, 0.15) is 12.8 Å². The molecule has 0 aromatic rings. The average Bonchev–Trinajstić information content (AvgIpc) is 1.86. The van der Waals surface area contributed by atoms with E-state index in [4.69, 9.17) is 30.8 Å². The first-order chi connectivity index (χ1) is 4.33. The molecule has 9 heavy (non-hydrogen) atoms. The quantitative estimate of drug-likeness (QED) is 0.556. The van der Waals surface area contributed by atoms with E-state index in [1.165, 1.54) is 0 Å². The third kappa shape index (κ3) is 27.2. The Morgan fingerprint density at radius 3 is 1.33 bits per heavy atom. The minimum atomic E-state index is -0.931. The van der Waals surface area contributed by atoms with Crippen LogP contribution in [0.15, 0.2) is 0 Å². The van der Waals surface area contributed by atoms with Crippen LogP contribution < -0.4 is 11.5 Å². The zero-order valence-corrected chi connectivity index (χ0v) is 9.93. The summed E-state index contributed by atoms with van der Waals surface area (Å²) in [5.74, 6) is 0. The van der Waals surface area contributed by atoms with E-state index in [-0.39, 0.29) is 0 Å². The normalized spacial score (nSPS) is 7.11. The first-order valence-corrected chi connectivity index (χ1v) is 10.6. The fourth-order valence-electron chi connectivity index (χ4n) is 0.289. The van der Waals surface area contributed by atoms with Crippen LogP contribution in [0.25, 0.3) is 0 Å². The molecule has 5 heteroatoms. The van der Waals surface area contributed by atoms with E-state index in [1.807, 2.05) is 0 Å². The van der Waals surface area contributed by atoms with Crippen LogP contribution >= 0.6 is 19.4 Å². The topological polar surface area (TPSA) is 52.0 Å². The van der Waals surface area contributed by atoms with Gasteiger partial charge in [-0.15, -0.1) is 0 Å². The van der Waals surface area contributed by atoms with Gasteiger partial charge in [-0.2, -0.15) is 0 Å². The zero-order chi connectivity index (χ0) is 7.54. The van der Waals surface area contributed by atoms with E-state index in [9.17, 15) is 0 Å². The molecule has 0 aliphatic rings. The Morgan fingerprint density at radius 2 is 1.22 bits per heavy atom. The Kier molecular flexibility index (Phi) is 22.8. The van der Waals surface area contributed by atoms with Gasteiger partial charge < -0.3 is 11.5 Å². The summed E-state index contributed by atoms with van der Waals surface area (Å²) in [5.41, 5.74) is 10.3. The molecule has 4 N–H and O–H groups in total. The molecule has 54 valence electrons. The number of halogens is 2. The van der Waals surface area contributed by atoms with Gasteiger partial charge >= 0.3 is 34.5 Å². The summed E-state index contributed by atoms with van der Waals surface area (Å²) in [4.78, 5) is 0. The summed E-state index contributed by atoms with van der Waals surface area (Å²) in [6, 6.07) is 0. The molecule has 0 saturated heterocycles. The predicted octanol–water partition coefficient (Wildman–Crippen LogP) is 1.06. The van der Waals surface area contributed by atoms with Crippen molar-refractivity contribution in [2.75, 3.05) is 13.1 Å². The summed E-state index contributed by atoms with van der Waals surface area (Å²) in [5, 5.41) is 0. The van der Waals surface area contributed by atoms with Crippen LogP contribution in [0.3, 0.4) is 0 Å². The third-order valence-corrected chi connectivity index (χ3v) is 0.658. The third-order valence-electron chi connectivity index (χ3n) is 0.658. The second-order valence-electron chi connectivity index (χ2n) is 1.39. The van der Waals surface area contributed by atoms with Crippen molar-refractivity contribution in [2.24, 2.45) is 11.5 Å². The minimum absolute atomic E-state index is 0.775. The molecule has 0 fully saturated rings. The standard InChI is InChI=1S/C4H12N2.2ClH.Zn/c5-3-1-2-4-6;;;/h1-6H2;2*1H;/q;;;+2/p-2. The van der Waals surface area contributed by atoms with E-state index in [1.54, 1.807) is 0 Å². The van der Waals surface area contributed by atoms with Crippen LogP contribution in [0.4, 0.5) is 0 Å². The Hall–Kier alpha value is 1.12. The van der Waals surface area contributed by atoms with E-state index >= 15 is 0 Å². The Bertz CT molecular complexity index is 35.7. The maximum atomic E-state index is 5.16. The van der Waals surface area contributed by atoms with Crippen molar-refractivity contribution in [3.05, 3.63) is 0 Å². The number of nitrogens with two attached hydrogens (primary N) is 2. The van der Waals surface area contributed by atoms with Gasteiger partial charge in [0.2, 0.25) is 0 Å². The van der Waals surface area contributed by atoms with Gasteiger partial charge in [0.1, 0.15) is 0 Å². The van der Waals surface area contributed by atoms with Gasteiger partial charge in [0.15, 0.2) is 0 Å². The number of rotatable bonds is 3. The van der Waals surface area contributed by atoms with Crippen molar-refractivity contribution < 1.29 is 15.1 Å². The van der Waals surface area contributed by atoms with Gasteiger partial charge in [0.25, 0.3) is 0 Å². The molecule has 0 rings (SSSR count). The molecule has 2 nitrogen and oxygen atoms in total. The molecule has 0 aromatic heterocycles. The summed E-state index contributed by atoms with van der Waals surface area (Å²) < 4.78 is 0.